The Kier molecular flexibility index (Phi) is 3.67. The van der Waals surface area contributed by atoms with E-state index >= 15 is 0 Å². The van der Waals surface area contributed by atoms with Crippen LogP contribution in [0.5, 0.6) is 0 Å². The van der Waals surface area contributed by atoms with Gasteiger partial charge in [0.2, 0.25) is 0 Å². The summed E-state index contributed by atoms with van der Waals surface area (Å²) in [6, 6.07) is 5.78. The molecule has 0 spiro atoms. The number of nitrogens with one attached hydrogen (secondary N) is 1. The number of rotatable bonds is 2. The average Bonchev–Trinajstić information content (AvgIpc) is 2.72. The maximum atomic E-state index is 12.2. The van der Waals surface area contributed by atoms with E-state index in [4.69, 9.17) is 0 Å². The fourth-order valence-electron chi connectivity index (χ4n) is 2.37. The second-order valence-corrected chi connectivity index (χ2v) is 5.52. The van der Waals surface area contributed by atoms with Gasteiger partial charge in [0.05, 0.1) is 6.07 Å². The molecule has 1 N–H and O–H groups in total. The molecule has 1 heterocycles. The summed E-state index contributed by atoms with van der Waals surface area (Å²) in [7, 11) is 0. The van der Waals surface area contributed by atoms with Crippen LogP contribution in [0.4, 0.5) is 0 Å². The molecule has 2 atom stereocenters. The van der Waals surface area contributed by atoms with Crippen molar-refractivity contribution < 1.29 is 4.79 Å². The molecule has 1 saturated carbocycles. The van der Waals surface area contributed by atoms with E-state index in [0.717, 1.165) is 12.8 Å². The van der Waals surface area contributed by atoms with Gasteiger partial charge < -0.3 is 5.32 Å². The zero-order valence-corrected chi connectivity index (χ0v) is 11.7. The standard InChI is InChI=1S/C13H14BrN3O/c1-9-4-2-6-13(9,8-15)17-12(18)11-10(14)5-3-7-16-11/h3,5,7,9H,2,4,6H2,1H3,(H,17,18)/t9-,13-/m0/s1. The molecule has 1 aromatic heterocycles. The summed E-state index contributed by atoms with van der Waals surface area (Å²) < 4.78 is 0.640. The number of carbonyl (C=O) groups excluding carboxylic acids is 1. The Hall–Kier alpha value is -1.41. The highest BCUT2D eigenvalue weighted by molar-refractivity contribution is 9.10. The van der Waals surface area contributed by atoms with Gasteiger partial charge in [0.25, 0.3) is 5.91 Å². The molecule has 0 aliphatic heterocycles. The molecule has 1 aliphatic carbocycles. The molecule has 1 aliphatic rings. The first-order chi connectivity index (χ1) is 8.59. The van der Waals surface area contributed by atoms with E-state index in [-0.39, 0.29) is 11.8 Å². The van der Waals surface area contributed by atoms with Gasteiger partial charge in [-0.3, -0.25) is 4.79 Å². The number of nitrogens with zero attached hydrogens (tertiary/aromatic N) is 2. The van der Waals surface area contributed by atoms with Crippen molar-refractivity contribution in [3.8, 4) is 6.07 Å². The molecule has 2 rings (SSSR count). The SMILES string of the molecule is C[C@H]1CCC[C@@]1(C#N)NC(=O)c1ncccc1Br. The highest BCUT2D eigenvalue weighted by atomic mass is 79.9. The van der Waals surface area contributed by atoms with Crippen molar-refractivity contribution in [3.05, 3.63) is 28.5 Å². The number of amides is 1. The number of pyridine rings is 1. The monoisotopic (exact) mass is 307 g/mol. The normalized spacial score (nSPS) is 26.6. The molecule has 1 fully saturated rings. The van der Waals surface area contributed by atoms with Crippen molar-refractivity contribution >= 4 is 21.8 Å². The van der Waals surface area contributed by atoms with Gasteiger partial charge in [-0.1, -0.05) is 6.92 Å². The van der Waals surface area contributed by atoms with Crippen LogP contribution in [-0.2, 0) is 0 Å². The number of hydrogen-bond donors (Lipinski definition) is 1. The first kappa shape index (κ1) is 13.0. The van der Waals surface area contributed by atoms with E-state index in [1.54, 1.807) is 18.3 Å². The zero-order chi connectivity index (χ0) is 13.2. The highest BCUT2D eigenvalue weighted by Gasteiger charge is 2.42. The lowest BCUT2D eigenvalue weighted by atomic mass is 9.90. The molecule has 0 unspecified atom stereocenters. The van der Waals surface area contributed by atoms with Crippen molar-refractivity contribution in [1.82, 2.24) is 10.3 Å². The van der Waals surface area contributed by atoms with Gasteiger partial charge in [-0.2, -0.15) is 5.26 Å². The predicted molar refractivity (Wildman–Crippen MR) is 70.8 cm³/mol. The molecule has 5 heteroatoms. The van der Waals surface area contributed by atoms with Crippen LogP contribution in [0.1, 0.15) is 36.7 Å². The Morgan fingerprint density at radius 3 is 3.06 bits per heavy atom. The number of nitriles is 1. The lowest BCUT2D eigenvalue weighted by molar-refractivity contribution is 0.0900. The Bertz CT molecular complexity index is 511. The maximum absolute atomic E-state index is 12.2. The van der Waals surface area contributed by atoms with Crippen molar-refractivity contribution in [1.29, 1.82) is 5.26 Å². The molecular formula is C13H14BrN3O. The number of carbonyl (C=O) groups is 1. The van der Waals surface area contributed by atoms with Crippen LogP contribution < -0.4 is 5.32 Å². The predicted octanol–water partition coefficient (Wildman–Crippen LogP) is 2.66. The van der Waals surface area contributed by atoms with Crippen LogP contribution in [0, 0.1) is 17.2 Å². The summed E-state index contributed by atoms with van der Waals surface area (Å²) in [5.41, 5.74) is -0.417. The Morgan fingerprint density at radius 2 is 2.50 bits per heavy atom. The van der Waals surface area contributed by atoms with Gasteiger partial charge in [-0.25, -0.2) is 4.98 Å². The van der Waals surface area contributed by atoms with Gasteiger partial charge in [-0.15, -0.1) is 0 Å². The van der Waals surface area contributed by atoms with Crippen molar-refractivity contribution in [3.63, 3.8) is 0 Å². The largest absolute Gasteiger partial charge is 0.332 e. The third kappa shape index (κ3) is 2.25. The Labute approximate surface area is 115 Å². The van der Waals surface area contributed by atoms with Crippen LogP contribution in [-0.4, -0.2) is 16.4 Å². The van der Waals surface area contributed by atoms with E-state index < -0.39 is 5.54 Å². The van der Waals surface area contributed by atoms with Crippen molar-refractivity contribution in [2.75, 3.05) is 0 Å². The molecule has 1 aromatic rings. The van der Waals surface area contributed by atoms with E-state index in [2.05, 4.69) is 32.3 Å². The minimum absolute atomic E-state index is 0.175. The third-order valence-electron chi connectivity index (χ3n) is 3.56. The van der Waals surface area contributed by atoms with Crippen LogP contribution >= 0.6 is 15.9 Å². The van der Waals surface area contributed by atoms with E-state index in [0.29, 0.717) is 16.6 Å². The van der Waals surface area contributed by atoms with Crippen LogP contribution in [0.3, 0.4) is 0 Å². The highest BCUT2D eigenvalue weighted by Crippen LogP contribution is 2.35. The number of halogens is 1. The average molecular weight is 308 g/mol. The van der Waals surface area contributed by atoms with Crippen LogP contribution in [0.2, 0.25) is 0 Å². The molecule has 1 amide bonds. The van der Waals surface area contributed by atoms with Gasteiger partial charge in [-0.05, 0) is 53.2 Å². The molecule has 94 valence electrons. The number of aromatic nitrogens is 1. The number of hydrogen-bond acceptors (Lipinski definition) is 3. The summed E-state index contributed by atoms with van der Waals surface area (Å²) in [6.45, 7) is 2.00. The lowest BCUT2D eigenvalue weighted by Crippen LogP contribution is -2.49. The van der Waals surface area contributed by atoms with Gasteiger partial charge in [0, 0.05) is 10.7 Å². The zero-order valence-electron chi connectivity index (χ0n) is 10.1. The summed E-state index contributed by atoms with van der Waals surface area (Å²) in [5, 5.41) is 12.2. The first-order valence-corrected chi connectivity index (χ1v) is 6.72. The summed E-state index contributed by atoms with van der Waals surface area (Å²) >= 11 is 3.29. The lowest BCUT2D eigenvalue weighted by Gasteiger charge is -2.27. The van der Waals surface area contributed by atoms with E-state index in [1.807, 2.05) is 6.92 Å². The van der Waals surface area contributed by atoms with Crippen LogP contribution in [0.15, 0.2) is 22.8 Å². The second kappa shape index (κ2) is 5.07. The quantitative estimate of drug-likeness (QED) is 0.913. The first-order valence-electron chi connectivity index (χ1n) is 5.93. The smallest absolute Gasteiger partial charge is 0.272 e. The molecule has 4 nitrogen and oxygen atoms in total. The molecule has 0 bridgehead atoms. The second-order valence-electron chi connectivity index (χ2n) is 4.66. The van der Waals surface area contributed by atoms with Crippen molar-refractivity contribution in [2.45, 2.75) is 31.7 Å². The topological polar surface area (TPSA) is 65.8 Å². The Morgan fingerprint density at radius 1 is 1.72 bits per heavy atom. The molecule has 0 saturated heterocycles. The maximum Gasteiger partial charge on any atom is 0.272 e. The fourth-order valence-corrected chi connectivity index (χ4v) is 2.81. The minimum Gasteiger partial charge on any atom is -0.332 e. The van der Waals surface area contributed by atoms with Crippen LogP contribution in [0.25, 0.3) is 0 Å². The molecule has 18 heavy (non-hydrogen) atoms. The van der Waals surface area contributed by atoms with E-state index in [1.165, 1.54) is 0 Å². The van der Waals surface area contributed by atoms with Gasteiger partial charge >= 0.3 is 0 Å². The molecule has 0 radical (unpaired) electrons. The van der Waals surface area contributed by atoms with Gasteiger partial charge in [0.15, 0.2) is 0 Å². The summed E-state index contributed by atoms with van der Waals surface area (Å²) in [6.07, 6.45) is 4.22. The summed E-state index contributed by atoms with van der Waals surface area (Å²) in [4.78, 5) is 16.2. The van der Waals surface area contributed by atoms with Gasteiger partial charge in [0.1, 0.15) is 11.2 Å². The molecular weight excluding hydrogens is 294 g/mol. The fraction of sp³-hybridized carbons (Fsp3) is 0.462. The third-order valence-corrected chi connectivity index (χ3v) is 4.20. The van der Waals surface area contributed by atoms with E-state index in [9.17, 15) is 10.1 Å². The molecule has 0 aromatic carbocycles. The summed E-state index contributed by atoms with van der Waals surface area (Å²) in [5.74, 6) is -0.119. The van der Waals surface area contributed by atoms with Crippen molar-refractivity contribution in [2.24, 2.45) is 5.92 Å². The Balaban J connectivity index is 2.22. The minimum atomic E-state index is -0.742.